The Labute approximate surface area is 151 Å². The van der Waals surface area contributed by atoms with Crippen LogP contribution in [0.2, 0.25) is 0 Å². The van der Waals surface area contributed by atoms with Gasteiger partial charge in [0.1, 0.15) is 5.82 Å². The summed E-state index contributed by atoms with van der Waals surface area (Å²) >= 11 is 1.51. The lowest BCUT2D eigenvalue weighted by Gasteiger charge is -2.26. The van der Waals surface area contributed by atoms with Crippen LogP contribution in [0.5, 0.6) is 0 Å². The first-order valence-corrected chi connectivity index (χ1v) is 8.65. The maximum Gasteiger partial charge on any atom is 0.222 e. The smallest absolute Gasteiger partial charge is 0.222 e. The molecule has 0 saturated carbocycles. The second kappa shape index (κ2) is 8.51. The molecule has 1 amide bonds. The average Bonchev–Trinajstić information content (AvgIpc) is 2.56. The van der Waals surface area contributed by atoms with Gasteiger partial charge in [0.05, 0.1) is 6.04 Å². The molecule has 0 radical (unpaired) electrons. The highest BCUT2D eigenvalue weighted by molar-refractivity contribution is 7.99. The van der Waals surface area contributed by atoms with Gasteiger partial charge in [-0.2, -0.15) is 0 Å². The molecule has 2 atom stereocenters. The largest absolute Gasteiger partial charge is 0.349 e. The van der Waals surface area contributed by atoms with Crippen molar-refractivity contribution in [1.29, 1.82) is 0 Å². The number of fused-ring (bicyclic) bond motifs is 1. The third kappa shape index (κ3) is 4.29. The van der Waals surface area contributed by atoms with E-state index in [1.165, 1.54) is 17.8 Å². The molecule has 1 aliphatic rings. The number of benzene rings is 2. The van der Waals surface area contributed by atoms with Crippen LogP contribution in [0.25, 0.3) is 0 Å². The van der Waals surface area contributed by atoms with Crippen molar-refractivity contribution in [2.24, 2.45) is 5.73 Å². The summed E-state index contributed by atoms with van der Waals surface area (Å²) in [4.78, 5) is 12.9. The Morgan fingerprint density at radius 3 is 2.75 bits per heavy atom. The van der Waals surface area contributed by atoms with Crippen LogP contribution in [-0.4, -0.2) is 11.7 Å². The van der Waals surface area contributed by atoms with Gasteiger partial charge in [-0.15, -0.1) is 24.2 Å². The zero-order valence-electron chi connectivity index (χ0n) is 13.1. The maximum atomic E-state index is 13.9. The number of nitrogens with two attached hydrogens (primary N) is 1. The lowest BCUT2D eigenvalue weighted by atomic mass is 10.0. The average molecular weight is 367 g/mol. The van der Waals surface area contributed by atoms with Crippen molar-refractivity contribution in [3.05, 3.63) is 65.5 Å². The fraction of sp³-hybridized carbons (Fsp3) is 0.278. The number of thioether (sulfide) groups is 1. The minimum absolute atomic E-state index is 0. The van der Waals surface area contributed by atoms with E-state index in [4.69, 9.17) is 5.73 Å². The van der Waals surface area contributed by atoms with Crippen molar-refractivity contribution >= 4 is 30.1 Å². The summed E-state index contributed by atoms with van der Waals surface area (Å²) in [5.41, 5.74) is 7.90. The van der Waals surface area contributed by atoms with Gasteiger partial charge in [0, 0.05) is 23.1 Å². The van der Waals surface area contributed by atoms with Crippen molar-refractivity contribution in [2.45, 2.75) is 29.8 Å². The normalized spacial score (nSPS) is 17.3. The predicted octanol–water partition coefficient (Wildman–Crippen LogP) is 3.99. The van der Waals surface area contributed by atoms with Gasteiger partial charge in [-0.25, -0.2) is 4.39 Å². The van der Waals surface area contributed by atoms with Gasteiger partial charge in [-0.05, 0) is 23.6 Å². The zero-order valence-corrected chi connectivity index (χ0v) is 14.7. The number of halogens is 2. The van der Waals surface area contributed by atoms with Crippen LogP contribution in [0.3, 0.4) is 0 Å². The molecule has 24 heavy (non-hydrogen) atoms. The number of nitrogens with one attached hydrogen (secondary N) is 1. The van der Waals surface area contributed by atoms with Gasteiger partial charge in [0.2, 0.25) is 5.91 Å². The highest BCUT2D eigenvalue weighted by Gasteiger charge is 2.25. The number of amides is 1. The third-order valence-electron chi connectivity index (χ3n) is 3.99. The van der Waals surface area contributed by atoms with Crippen molar-refractivity contribution in [3.8, 4) is 0 Å². The number of rotatable bonds is 4. The first kappa shape index (κ1) is 18.8. The zero-order chi connectivity index (χ0) is 16.2. The van der Waals surface area contributed by atoms with Crippen LogP contribution in [0, 0.1) is 5.82 Å². The summed E-state index contributed by atoms with van der Waals surface area (Å²) in [5.74, 6) is 0.477. The van der Waals surface area contributed by atoms with Gasteiger partial charge in [-0.1, -0.05) is 42.5 Å². The van der Waals surface area contributed by atoms with Gasteiger partial charge < -0.3 is 11.1 Å². The Bertz CT molecular complexity index is 699. The summed E-state index contributed by atoms with van der Waals surface area (Å²) in [6, 6.07) is 14.1. The summed E-state index contributed by atoms with van der Waals surface area (Å²) < 4.78 is 13.9. The summed E-state index contributed by atoms with van der Waals surface area (Å²) in [7, 11) is 0. The molecule has 2 aromatic rings. The fourth-order valence-electron chi connectivity index (χ4n) is 2.81. The second-order valence-corrected chi connectivity index (χ2v) is 6.74. The van der Waals surface area contributed by atoms with Crippen LogP contribution < -0.4 is 11.1 Å². The SMILES string of the molecule is Cl.NC(CC(=O)NC1CCSc2c(F)cccc21)c1ccccc1. The highest BCUT2D eigenvalue weighted by atomic mass is 35.5. The van der Waals surface area contributed by atoms with E-state index in [0.717, 1.165) is 23.3 Å². The van der Waals surface area contributed by atoms with E-state index >= 15 is 0 Å². The minimum Gasteiger partial charge on any atom is -0.349 e. The lowest BCUT2D eigenvalue weighted by Crippen LogP contribution is -2.33. The first-order chi connectivity index (χ1) is 11.1. The van der Waals surface area contributed by atoms with Crippen LogP contribution >= 0.6 is 24.2 Å². The monoisotopic (exact) mass is 366 g/mol. The van der Waals surface area contributed by atoms with Gasteiger partial charge in [0.15, 0.2) is 0 Å². The molecule has 3 nitrogen and oxygen atoms in total. The summed E-state index contributed by atoms with van der Waals surface area (Å²) in [6.07, 6.45) is 1.02. The van der Waals surface area contributed by atoms with Gasteiger partial charge in [0.25, 0.3) is 0 Å². The summed E-state index contributed by atoms with van der Waals surface area (Å²) in [6.45, 7) is 0. The fourth-order valence-corrected chi connectivity index (χ4v) is 3.95. The van der Waals surface area contributed by atoms with E-state index in [1.54, 1.807) is 6.07 Å². The quantitative estimate of drug-likeness (QED) is 0.860. The van der Waals surface area contributed by atoms with Crippen molar-refractivity contribution in [3.63, 3.8) is 0 Å². The van der Waals surface area contributed by atoms with E-state index in [1.807, 2.05) is 36.4 Å². The Balaban J connectivity index is 0.00000208. The molecule has 0 fully saturated rings. The molecule has 2 aromatic carbocycles. The van der Waals surface area contributed by atoms with Crippen molar-refractivity contribution in [1.82, 2.24) is 5.32 Å². The number of hydrogen-bond acceptors (Lipinski definition) is 3. The first-order valence-electron chi connectivity index (χ1n) is 7.66. The second-order valence-electron chi connectivity index (χ2n) is 5.64. The van der Waals surface area contributed by atoms with Crippen LogP contribution in [-0.2, 0) is 4.79 Å². The molecule has 0 spiro atoms. The van der Waals surface area contributed by atoms with Gasteiger partial charge >= 0.3 is 0 Å². The van der Waals surface area contributed by atoms with E-state index in [-0.39, 0.29) is 42.6 Å². The van der Waals surface area contributed by atoms with E-state index < -0.39 is 0 Å². The molecular weight excluding hydrogens is 347 g/mol. The molecule has 0 aromatic heterocycles. The van der Waals surface area contributed by atoms with Crippen LogP contribution in [0.15, 0.2) is 53.4 Å². The van der Waals surface area contributed by atoms with Crippen LogP contribution in [0.1, 0.15) is 36.1 Å². The highest BCUT2D eigenvalue weighted by Crippen LogP contribution is 2.37. The maximum absolute atomic E-state index is 13.9. The van der Waals surface area contributed by atoms with E-state index in [9.17, 15) is 9.18 Å². The Kier molecular flexibility index (Phi) is 6.66. The molecule has 6 heteroatoms. The molecule has 0 saturated heterocycles. The topological polar surface area (TPSA) is 55.1 Å². The molecule has 3 N–H and O–H groups in total. The minimum atomic E-state index is -0.332. The predicted molar refractivity (Wildman–Crippen MR) is 97.9 cm³/mol. The third-order valence-corrected chi connectivity index (χ3v) is 5.15. The Morgan fingerprint density at radius 1 is 1.25 bits per heavy atom. The van der Waals surface area contributed by atoms with Gasteiger partial charge in [-0.3, -0.25) is 4.79 Å². The lowest BCUT2D eigenvalue weighted by molar-refractivity contribution is -0.122. The molecular formula is C18H20ClFN2OS. The Hall–Kier alpha value is -1.56. The molecule has 0 bridgehead atoms. The molecule has 0 aliphatic carbocycles. The molecule has 3 rings (SSSR count). The van der Waals surface area contributed by atoms with Crippen molar-refractivity contribution in [2.75, 3.05) is 5.75 Å². The molecule has 1 aliphatic heterocycles. The van der Waals surface area contributed by atoms with E-state index in [2.05, 4.69) is 5.32 Å². The van der Waals surface area contributed by atoms with E-state index in [0.29, 0.717) is 4.90 Å². The Morgan fingerprint density at radius 2 is 2.00 bits per heavy atom. The van der Waals surface area contributed by atoms with Crippen molar-refractivity contribution < 1.29 is 9.18 Å². The molecule has 128 valence electrons. The van der Waals surface area contributed by atoms with Crippen LogP contribution in [0.4, 0.5) is 4.39 Å². The number of hydrogen-bond donors (Lipinski definition) is 2. The summed E-state index contributed by atoms with van der Waals surface area (Å²) in [5, 5.41) is 3.00. The molecule has 2 unspecified atom stereocenters. The molecule has 1 heterocycles. The standard InChI is InChI=1S/C18H19FN2OS.ClH/c19-14-8-4-7-13-16(9-10-23-18(13)14)21-17(22)11-15(20)12-5-2-1-3-6-12;/h1-8,15-16H,9-11,20H2,(H,21,22);1H. The number of carbonyl (C=O) groups excluding carboxylic acids is 1. The number of carbonyl (C=O) groups is 1.